The van der Waals surface area contributed by atoms with E-state index in [2.05, 4.69) is 9.97 Å². The Balaban J connectivity index is 1.96. The van der Waals surface area contributed by atoms with Crippen molar-refractivity contribution in [2.75, 3.05) is 7.11 Å². The van der Waals surface area contributed by atoms with Crippen LogP contribution in [0.4, 0.5) is 0 Å². The van der Waals surface area contributed by atoms with Crippen molar-refractivity contribution >= 4 is 0 Å². The number of benzene rings is 2. The molecule has 4 heteroatoms. The van der Waals surface area contributed by atoms with Crippen molar-refractivity contribution in [2.24, 2.45) is 0 Å². The number of hydrogen-bond acceptors (Lipinski definition) is 3. The molecule has 1 heterocycles. The topological polar surface area (TPSA) is 58.1 Å². The first-order valence-corrected chi connectivity index (χ1v) is 6.26. The number of phenolic OH excluding ortho intramolecular Hbond substituents is 1. The van der Waals surface area contributed by atoms with Crippen LogP contribution in [-0.2, 0) is 0 Å². The van der Waals surface area contributed by atoms with E-state index in [1.807, 2.05) is 36.4 Å². The van der Waals surface area contributed by atoms with Gasteiger partial charge in [-0.25, -0.2) is 4.98 Å². The summed E-state index contributed by atoms with van der Waals surface area (Å²) in [6, 6.07) is 15.2. The zero-order valence-electron chi connectivity index (χ0n) is 11.0. The van der Waals surface area contributed by atoms with Crippen molar-refractivity contribution in [3.8, 4) is 34.1 Å². The molecule has 0 aliphatic rings. The molecule has 100 valence electrons. The molecule has 0 aliphatic carbocycles. The second-order valence-electron chi connectivity index (χ2n) is 4.40. The summed E-state index contributed by atoms with van der Waals surface area (Å²) < 4.78 is 5.03. The predicted octanol–water partition coefficient (Wildman–Crippen LogP) is 3.46. The Labute approximate surface area is 116 Å². The molecule has 3 aromatic rings. The number of rotatable bonds is 3. The number of H-pyrrole nitrogens is 1. The third-order valence-electron chi connectivity index (χ3n) is 3.11. The highest BCUT2D eigenvalue weighted by molar-refractivity contribution is 5.66. The number of aromatic amines is 1. The third-order valence-corrected chi connectivity index (χ3v) is 3.11. The molecule has 0 amide bonds. The lowest BCUT2D eigenvalue weighted by Crippen LogP contribution is -1.85. The van der Waals surface area contributed by atoms with Crippen molar-refractivity contribution in [3.63, 3.8) is 0 Å². The number of nitrogens with zero attached hydrogens (tertiary/aromatic N) is 1. The molecule has 0 bridgehead atoms. The summed E-state index contributed by atoms with van der Waals surface area (Å²) in [6.07, 6.45) is 1.75. The zero-order chi connectivity index (χ0) is 13.9. The van der Waals surface area contributed by atoms with Gasteiger partial charge in [-0.2, -0.15) is 0 Å². The van der Waals surface area contributed by atoms with Crippen LogP contribution >= 0.6 is 0 Å². The average molecular weight is 266 g/mol. The minimum atomic E-state index is 0.112. The number of methoxy groups -OCH3 is 1. The second kappa shape index (κ2) is 5.09. The second-order valence-corrected chi connectivity index (χ2v) is 4.40. The van der Waals surface area contributed by atoms with Crippen LogP contribution in [0.25, 0.3) is 22.6 Å². The molecule has 4 nitrogen and oxygen atoms in total. The van der Waals surface area contributed by atoms with Crippen LogP contribution in [-0.4, -0.2) is 22.2 Å². The first-order valence-electron chi connectivity index (χ1n) is 6.26. The van der Waals surface area contributed by atoms with Crippen molar-refractivity contribution in [3.05, 3.63) is 54.7 Å². The first kappa shape index (κ1) is 12.3. The van der Waals surface area contributed by atoms with Gasteiger partial charge in [-0.3, -0.25) is 0 Å². The minimum Gasteiger partial charge on any atom is -0.504 e. The Hall–Kier alpha value is -2.75. The van der Waals surface area contributed by atoms with E-state index >= 15 is 0 Å². The van der Waals surface area contributed by atoms with Gasteiger partial charge in [0.2, 0.25) is 0 Å². The maximum Gasteiger partial charge on any atom is 0.160 e. The maximum absolute atomic E-state index is 9.82. The highest BCUT2D eigenvalue weighted by atomic mass is 16.5. The molecule has 2 aromatic carbocycles. The molecule has 0 aliphatic heterocycles. The van der Waals surface area contributed by atoms with Gasteiger partial charge in [-0.05, 0) is 18.2 Å². The van der Waals surface area contributed by atoms with Crippen LogP contribution in [0.3, 0.4) is 0 Å². The fourth-order valence-corrected chi connectivity index (χ4v) is 2.07. The summed E-state index contributed by atoms with van der Waals surface area (Å²) in [5.41, 5.74) is 2.73. The number of nitrogens with one attached hydrogen (secondary N) is 1. The molecule has 3 rings (SSSR count). The van der Waals surface area contributed by atoms with E-state index in [-0.39, 0.29) is 5.75 Å². The summed E-state index contributed by atoms with van der Waals surface area (Å²) in [5.74, 6) is 1.37. The van der Waals surface area contributed by atoms with Crippen molar-refractivity contribution in [1.29, 1.82) is 0 Å². The van der Waals surface area contributed by atoms with Gasteiger partial charge in [-0.1, -0.05) is 30.3 Å². The fourth-order valence-electron chi connectivity index (χ4n) is 2.07. The maximum atomic E-state index is 9.82. The Kier molecular flexibility index (Phi) is 3.13. The van der Waals surface area contributed by atoms with Gasteiger partial charge in [-0.15, -0.1) is 0 Å². The molecule has 1 aromatic heterocycles. The standard InChI is InChI=1S/C16H14N2O2/c1-20-15-8-7-12(9-14(15)19)13-10-17-16(18-13)11-5-3-2-4-6-11/h2-10,19H,1H3,(H,17,18). The van der Waals surface area contributed by atoms with Gasteiger partial charge in [0.05, 0.1) is 19.0 Å². The van der Waals surface area contributed by atoms with Crippen molar-refractivity contribution < 1.29 is 9.84 Å². The van der Waals surface area contributed by atoms with Crippen LogP contribution in [0.1, 0.15) is 0 Å². The van der Waals surface area contributed by atoms with Gasteiger partial charge in [0.1, 0.15) is 5.82 Å². The summed E-state index contributed by atoms with van der Waals surface area (Å²) in [4.78, 5) is 7.61. The molecule has 0 unspecified atom stereocenters. The van der Waals surface area contributed by atoms with Crippen LogP contribution in [0.15, 0.2) is 54.7 Å². The number of aromatic hydroxyl groups is 1. The molecule has 2 N–H and O–H groups in total. The Morgan fingerprint density at radius 3 is 2.55 bits per heavy atom. The normalized spacial score (nSPS) is 10.4. The van der Waals surface area contributed by atoms with Crippen LogP contribution in [0.5, 0.6) is 11.5 Å². The van der Waals surface area contributed by atoms with E-state index in [0.717, 1.165) is 22.6 Å². The SMILES string of the molecule is COc1ccc(-c2cnc(-c3ccccc3)[nH]2)cc1O. The van der Waals surface area contributed by atoms with Gasteiger partial charge in [0.15, 0.2) is 11.5 Å². The first-order chi connectivity index (χ1) is 9.78. The number of aromatic nitrogens is 2. The van der Waals surface area contributed by atoms with E-state index in [0.29, 0.717) is 5.75 Å². The van der Waals surface area contributed by atoms with Crippen LogP contribution in [0, 0.1) is 0 Å². The van der Waals surface area contributed by atoms with E-state index in [1.165, 1.54) is 7.11 Å². The van der Waals surface area contributed by atoms with Crippen molar-refractivity contribution in [1.82, 2.24) is 9.97 Å². The molecule has 0 radical (unpaired) electrons. The molecule has 0 fully saturated rings. The highest BCUT2D eigenvalue weighted by Gasteiger charge is 2.08. The van der Waals surface area contributed by atoms with E-state index in [9.17, 15) is 5.11 Å². The summed E-state index contributed by atoms with van der Waals surface area (Å²) in [5, 5.41) is 9.82. The number of hydrogen-bond donors (Lipinski definition) is 2. The van der Waals surface area contributed by atoms with Gasteiger partial charge >= 0.3 is 0 Å². The van der Waals surface area contributed by atoms with Crippen LogP contribution in [0.2, 0.25) is 0 Å². The molecule has 0 saturated carbocycles. The van der Waals surface area contributed by atoms with Gasteiger partial charge in [0.25, 0.3) is 0 Å². The molecular formula is C16H14N2O2. The summed E-state index contributed by atoms with van der Waals surface area (Å²) in [6.45, 7) is 0. The van der Waals surface area contributed by atoms with Crippen LogP contribution < -0.4 is 4.74 Å². The average Bonchev–Trinajstić information content (AvgIpc) is 2.98. The molecule has 0 saturated heterocycles. The quantitative estimate of drug-likeness (QED) is 0.763. The lowest BCUT2D eigenvalue weighted by atomic mass is 10.1. The monoisotopic (exact) mass is 266 g/mol. The summed E-state index contributed by atoms with van der Waals surface area (Å²) >= 11 is 0. The summed E-state index contributed by atoms with van der Waals surface area (Å²) in [7, 11) is 1.53. The minimum absolute atomic E-state index is 0.112. The Morgan fingerprint density at radius 1 is 1.05 bits per heavy atom. The van der Waals surface area contributed by atoms with Gasteiger partial charge in [0, 0.05) is 11.1 Å². The lowest BCUT2D eigenvalue weighted by Gasteiger charge is -2.04. The third kappa shape index (κ3) is 2.23. The number of ether oxygens (including phenoxy) is 1. The lowest BCUT2D eigenvalue weighted by molar-refractivity contribution is 0.373. The zero-order valence-corrected chi connectivity index (χ0v) is 11.0. The van der Waals surface area contributed by atoms with E-state index in [1.54, 1.807) is 18.3 Å². The fraction of sp³-hybridized carbons (Fsp3) is 0.0625. The predicted molar refractivity (Wildman–Crippen MR) is 77.7 cm³/mol. The molecule has 0 atom stereocenters. The van der Waals surface area contributed by atoms with E-state index in [4.69, 9.17) is 4.74 Å². The largest absolute Gasteiger partial charge is 0.504 e. The molecule has 0 spiro atoms. The smallest absolute Gasteiger partial charge is 0.160 e. The highest BCUT2D eigenvalue weighted by Crippen LogP contribution is 2.31. The molecule has 20 heavy (non-hydrogen) atoms. The Bertz CT molecular complexity index is 720. The van der Waals surface area contributed by atoms with Gasteiger partial charge < -0.3 is 14.8 Å². The molecular weight excluding hydrogens is 252 g/mol. The number of phenols is 1. The van der Waals surface area contributed by atoms with E-state index < -0.39 is 0 Å². The number of imidazole rings is 1. The van der Waals surface area contributed by atoms with Crippen molar-refractivity contribution in [2.45, 2.75) is 0 Å². The Morgan fingerprint density at radius 2 is 1.85 bits per heavy atom.